The minimum Gasteiger partial charge on any atom is -0.408 e. The topological polar surface area (TPSA) is 34.5 Å². The molecular formula is C26H22N2O2. The van der Waals surface area contributed by atoms with Crippen LogP contribution in [-0.4, -0.2) is 29.7 Å². The van der Waals surface area contributed by atoms with Crippen molar-refractivity contribution < 1.29 is 9.53 Å². The van der Waals surface area contributed by atoms with Crippen LogP contribution in [0.15, 0.2) is 85.1 Å². The van der Waals surface area contributed by atoms with Crippen LogP contribution in [0.4, 0.5) is 4.79 Å². The molecule has 5 rings (SSSR count). The lowest BCUT2D eigenvalue weighted by Gasteiger charge is -2.18. The molecule has 1 aromatic heterocycles. The van der Waals surface area contributed by atoms with Crippen LogP contribution < -0.4 is 0 Å². The molecule has 0 saturated carbocycles. The van der Waals surface area contributed by atoms with E-state index in [0.29, 0.717) is 12.2 Å². The van der Waals surface area contributed by atoms with Gasteiger partial charge in [-0.15, -0.1) is 0 Å². The summed E-state index contributed by atoms with van der Waals surface area (Å²) in [6.45, 7) is 0. The Hall–Kier alpha value is -3.79. The summed E-state index contributed by atoms with van der Waals surface area (Å²) in [6, 6.07) is 26.9. The minimum absolute atomic E-state index is 0.388. The third-order valence-corrected chi connectivity index (χ3v) is 5.54. The fraction of sp³-hybridized carbons (Fsp3) is 0.115. The first-order valence-corrected chi connectivity index (χ1v) is 10.00. The molecular weight excluding hydrogens is 372 g/mol. The van der Waals surface area contributed by atoms with E-state index in [2.05, 4.69) is 53.1 Å². The van der Waals surface area contributed by atoms with E-state index in [4.69, 9.17) is 4.74 Å². The highest BCUT2D eigenvalue weighted by Gasteiger charge is 2.26. The van der Waals surface area contributed by atoms with Crippen LogP contribution in [0.2, 0.25) is 0 Å². The van der Waals surface area contributed by atoms with Gasteiger partial charge < -0.3 is 14.2 Å². The number of nitrogens with zero attached hydrogens (tertiary/aromatic N) is 2. The molecule has 1 aliphatic rings. The Labute approximate surface area is 175 Å². The van der Waals surface area contributed by atoms with Gasteiger partial charge in [0.25, 0.3) is 0 Å². The molecule has 0 radical (unpaired) electrons. The lowest BCUT2D eigenvalue weighted by molar-refractivity contribution is 0.162. The first-order chi connectivity index (χ1) is 14.6. The maximum absolute atomic E-state index is 12.6. The molecule has 2 heterocycles. The van der Waals surface area contributed by atoms with Gasteiger partial charge in [0, 0.05) is 38.0 Å². The SMILES string of the molecule is CN(C)C(=O)OC1=C(c2cccc3ccccc23)Cc2ccccc2-n2cccc21. The van der Waals surface area contributed by atoms with Crippen molar-refractivity contribution in [3.8, 4) is 5.69 Å². The van der Waals surface area contributed by atoms with Gasteiger partial charge in [0.2, 0.25) is 0 Å². The zero-order chi connectivity index (χ0) is 20.7. The van der Waals surface area contributed by atoms with E-state index < -0.39 is 0 Å². The molecule has 4 heteroatoms. The summed E-state index contributed by atoms with van der Waals surface area (Å²) in [5, 5.41) is 2.31. The van der Waals surface area contributed by atoms with E-state index in [0.717, 1.165) is 33.3 Å². The summed E-state index contributed by atoms with van der Waals surface area (Å²) in [5.74, 6) is 0.603. The fourth-order valence-corrected chi connectivity index (χ4v) is 4.10. The zero-order valence-electron chi connectivity index (χ0n) is 17.0. The maximum atomic E-state index is 12.6. The molecule has 0 aliphatic carbocycles. The molecule has 1 aliphatic heterocycles. The van der Waals surface area contributed by atoms with E-state index in [1.165, 1.54) is 10.5 Å². The summed E-state index contributed by atoms with van der Waals surface area (Å²) in [4.78, 5) is 14.1. The van der Waals surface area contributed by atoms with Gasteiger partial charge in [0.15, 0.2) is 5.76 Å². The number of benzene rings is 3. The lowest BCUT2D eigenvalue weighted by Crippen LogP contribution is -2.23. The van der Waals surface area contributed by atoms with Crippen LogP contribution >= 0.6 is 0 Å². The van der Waals surface area contributed by atoms with Crippen molar-refractivity contribution in [2.75, 3.05) is 14.1 Å². The standard InChI is InChI=1S/C26H22N2O2/c1-27(2)26(29)30-25-22(21-13-7-11-18-9-3-5-12-20(18)21)17-19-10-4-6-14-23(19)28-16-8-15-24(25)28/h3-16H,17H2,1-2H3. The number of carbonyl (C=O) groups is 1. The number of ether oxygens (including phenoxy) is 1. The summed E-state index contributed by atoms with van der Waals surface area (Å²) < 4.78 is 8.11. The van der Waals surface area contributed by atoms with Gasteiger partial charge in [-0.25, -0.2) is 4.79 Å². The average Bonchev–Trinajstić information content (AvgIpc) is 3.21. The van der Waals surface area contributed by atoms with Gasteiger partial charge in [0.1, 0.15) is 0 Å². The number of hydrogen-bond acceptors (Lipinski definition) is 2. The normalized spacial score (nSPS) is 12.9. The number of para-hydroxylation sites is 1. The van der Waals surface area contributed by atoms with E-state index in [-0.39, 0.29) is 6.09 Å². The van der Waals surface area contributed by atoms with Crippen molar-refractivity contribution in [3.63, 3.8) is 0 Å². The number of rotatable bonds is 2. The van der Waals surface area contributed by atoms with Crippen molar-refractivity contribution in [3.05, 3.63) is 102 Å². The zero-order valence-corrected chi connectivity index (χ0v) is 17.0. The number of allylic oxidation sites excluding steroid dienone is 1. The fourth-order valence-electron chi connectivity index (χ4n) is 4.10. The number of fused-ring (bicyclic) bond motifs is 4. The molecule has 0 spiro atoms. The third kappa shape index (κ3) is 2.98. The quantitative estimate of drug-likeness (QED) is 0.434. The highest BCUT2D eigenvalue weighted by molar-refractivity contribution is 6.02. The monoisotopic (exact) mass is 394 g/mol. The first-order valence-electron chi connectivity index (χ1n) is 10.00. The Morgan fingerprint density at radius 2 is 1.67 bits per heavy atom. The number of amides is 1. The van der Waals surface area contributed by atoms with Crippen LogP contribution in [0, 0.1) is 0 Å². The van der Waals surface area contributed by atoms with E-state index >= 15 is 0 Å². The predicted octanol–water partition coefficient (Wildman–Crippen LogP) is 5.75. The van der Waals surface area contributed by atoms with Crippen LogP contribution in [0.5, 0.6) is 0 Å². The maximum Gasteiger partial charge on any atom is 0.414 e. The average molecular weight is 394 g/mol. The molecule has 0 atom stereocenters. The van der Waals surface area contributed by atoms with Gasteiger partial charge in [-0.3, -0.25) is 0 Å². The molecule has 0 unspecified atom stereocenters. The number of aromatic nitrogens is 1. The van der Waals surface area contributed by atoms with Gasteiger partial charge in [0.05, 0.1) is 5.69 Å². The van der Waals surface area contributed by atoms with Crippen LogP contribution in [0.3, 0.4) is 0 Å². The van der Waals surface area contributed by atoms with Crippen molar-refractivity contribution in [1.29, 1.82) is 0 Å². The highest BCUT2D eigenvalue weighted by Crippen LogP contribution is 2.39. The Morgan fingerprint density at radius 1 is 0.900 bits per heavy atom. The lowest BCUT2D eigenvalue weighted by atomic mass is 9.92. The molecule has 3 aromatic carbocycles. The molecule has 0 bridgehead atoms. The highest BCUT2D eigenvalue weighted by atomic mass is 16.6. The number of carbonyl (C=O) groups excluding carboxylic acids is 1. The Morgan fingerprint density at radius 3 is 2.53 bits per heavy atom. The second-order valence-electron chi connectivity index (χ2n) is 7.67. The van der Waals surface area contributed by atoms with Crippen molar-refractivity contribution in [1.82, 2.24) is 9.47 Å². The van der Waals surface area contributed by atoms with E-state index in [1.807, 2.05) is 36.5 Å². The summed E-state index contributed by atoms with van der Waals surface area (Å²) in [7, 11) is 3.40. The Balaban J connectivity index is 1.83. The molecule has 4 aromatic rings. The molecule has 4 nitrogen and oxygen atoms in total. The summed E-state index contributed by atoms with van der Waals surface area (Å²) in [5.41, 5.74) is 5.25. The Kier molecular flexibility index (Phi) is 4.40. The minimum atomic E-state index is -0.388. The summed E-state index contributed by atoms with van der Waals surface area (Å²) >= 11 is 0. The molecule has 30 heavy (non-hydrogen) atoms. The molecule has 148 valence electrons. The second kappa shape index (κ2) is 7.23. The van der Waals surface area contributed by atoms with Gasteiger partial charge in [-0.1, -0.05) is 60.7 Å². The van der Waals surface area contributed by atoms with Crippen LogP contribution in [0.1, 0.15) is 16.8 Å². The van der Waals surface area contributed by atoms with Crippen molar-refractivity contribution >= 4 is 28.2 Å². The molecule has 1 amide bonds. The molecule has 0 N–H and O–H groups in total. The predicted molar refractivity (Wildman–Crippen MR) is 120 cm³/mol. The van der Waals surface area contributed by atoms with Gasteiger partial charge in [-0.2, -0.15) is 0 Å². The largest absolute Gasteiger partial charge is 0.414 e. The number of hydrogen-bond donors (Lipinski definition) is 0. The van der Waals surface area contributed by atoms with Gasteiger partial charge >= 0.3 is 6.09 Å². The van der Waals surface area contributed by atoms with Crippen LogP contribution in [0.25, 0.3) is 27.8 Å². The van der Waals surface area contributed by atoms with Gasteiger partial charge in [-0.05, 0) is 40.1 Å². The second-order valence-corrected chi connectivity index (χ2v) is 7.67. The van der Waals surface area contributed by atoms with Crippen molar-refractivity contribution in [2.24, 2.45) is 0 Å². The molecule has 0 fully saturated rings. The summed E-state index contributed by atoms with van der Waals surface area (Å²) in [6.07, 6.45) is 2.30. The van der Waals surface area contributed by atoms with Crippen molar-refractivity contribution in [2.45, 2.75) is 6.42 Å². The smallest absolute Gasteiger partial charge is 0.408 e. The third-order valence-electron chi connectivity index (χ3n) is 5.54. The van der Waals surface area contributed by atoms with E-state index in [9.17, 15) is 4.79 Å². The van der Waals surface area contributed by atoms with E-state index in [1.54, 1.807) is 14.1 Å². The van der Waals surface area contributed by atoms with Crippen LogP contribution in [-0.2, 0) is 11.2 Å². The first kappa shape index (κ1) is 18.3. The Bertz CT molecular complexity index is 1290. The molecule has 0 saturated heterocycles.